The van der Waals surface area contributed by atoms with Crippen molar-refractivity contribution in [2.75, 3.05) is 18.0 Å². The van der Waals surface area contributed by atoms with Crippen LogP contribution in [0.25, 0.3) is 0 Å². The molecule has 1 heterocycles. The number of pyridine rings is 1. The zero-order valence-electron chi connectivity index (χ0n) is 12.5. The molecule has 0 spiro atoms. The number of aryl methyl sites for hydroxylation is 1. The van der Waals surface area contributed by atoms with Gasteiger partial charge in [0.05, 0.1) is 0 Å². The molecule has 21 heavy (non-hydrogen) atoms. The van der Waals surface area contributed by atoms with Gasteiger partial charge in [-0.25, -0.2) is 4.98 Å². The molecule has 0 aromatic carbocycles. The maximum absolute atomic E-state index is 12.7. The molecule has 2 rings (SSSR count). The zero-order valence-corrected chi connectivity index (χ0v) is 12.5. The van der Waals surface area contributed by atoms with Crippen molar-refractivity contribution in [2.45, 2.75) is 51.9 Å². The fourth-order valence-electron chi connectivity index (χ4n) is 2.36. The summed E-state index contributed by atoms with van der Waals surface area (Å²) in [6.07, 6.45) is -1.54. The molecule has 0 atom stereocenters. The number of halogens is 3. The second kappa shape index (κ2) is 6.64. The van der Waals surface area contributed by atoms with Gasteiger partial charge in [-0.05, 0) is 50.4 Å². The molecule has 0 saturated heterocycles. The first kappa shape index (κ1) is 16.1. The van der Waals surface area contributed by atoms with E-state index >= 15 is 0 Å². The van der Waals surface area contributed by atoms with Gasteiger partial charge >= 0.3 is 6.18 Å². The highest BCUT2D eigenvalue weighted by molar-refractivity contribution is 5.45. The number of anilines is 1. The Labute approximate surface area is 123 Å². The lowest BCUT2D eigenvalue weighted by molar-refractivity contribution is -0.120. The molecule has 0 aliphatic heterocycles. The molecule has 118 valence electrons. The van der Waals surface area contributed by atoms with Crippen LogP contribution in [0.2, 0.25) is 0 Å². The standard InChI is InChI=1S/C15H22F3N3/c1-3-6-19-9-12-7-11(2)20-14(8-12)21(13-4-5-13)10-15(16,17)18/h7-8,13,19H,3-6,9-10H2,1-2H3. The van der Waals surface area contributed by atoms with Gasteiger partial charge in [0.15, 0.2) is 0 Å². The van der Waals surface area contributed by atoms with Crippen LogP contribution in [-0.4, -0.2) is 30.3 Å². The molecule has 0 bridgehead atoms. The topological polar surface area (TPSA) is 28.2 Å². The van der Waals surface area contributed by atoms with E-state index in [4.69, 9.17) is 0 Å². The number of nitrogens with zero attached hydrogens (tertiary/aromatic N) is 2. The molecule has 3 nitrogen and oxygen atoms in total. The van der Waals surface area contributed by atoms with E-state index in [9.17, 15) is 13.2 Å². The van der Waals surface area contributed by atoms with Gasteiger partial charge in [-0.1, -0.05) is 6.92 Å². The van der Waals surface area contributed by atoms with Gasteiger partial charge in [-0.3, -0.25) is 0 Å². The van der Waals surface area contributed by atoms with Gasteiger partial charge in [0, 0.05) is 18.3 Å². The van der Waals surface area contributed by atoms with Crippen LogP contribution in [0.5, 0.6) is 0 Å². The molecule has 6 heteroatoms. The summed E-state index contributed by atoms with van der Waals surface area (Å²) >= 11 is 0. The minimum atomic E-state index is -4.20. The number of hydrogen-bond donors (Lipinski definition) is 1. The van der Waals surface area contributed by atoms with Crippen molar-refractivity contribution < 1.29 is 13.2 Å². The summed E-state index contributed by atoms with van der Waals surface area (Å²) in [4.78, 5) is 5.71. The molecular weight excluding hydrogens is 279 g/mol. The average Bonchev–Trinajstić information content (AvgIpc) is 3.19. The number of alkyl halides is 3. The van der Waals surface area contributed by atoms with Crippen LogP contribution in [-0.2, 0) is 6.54 Å². The second-order valence-corrected chi connectivity index (χ2v) is 5.63. The summed E-state index contributed by atoms with van der Waals surface area (Å²) < 4.78 is 38.2. The molecular formula is C15H22F3N3. The molecule has 1 aliphatic carbocycles. The minimum absolute atomic E-state index is 0.0163. The lowest BCUT2D eigenvalue weighted by Gasteiger charge is -2.25. The van der Waals surface area contributed by atoms with Gasteiger partial charge < -0.3 is 10.2 Å². The van der Waals surface area contributed by atoms with Crippen molar-refractivity contribution in [1.82, 2.24) is 10.3 Å². The van der Waals surface area contributed by atoms with Crippen LogP contribution >= 0.6 is 0 Å². The number of hydrogen-bond acceptors (Lipinski definition) is 3. The lowest BCUT2D eigenvalue weighted by atomic mass is 10.2. The van der Waals surface area contributed by atoms with E-state index in [2.05, 4.69) is 17.2 Å². The summed E-state index contributed by atoms with van der Waals surface area (Å²) in [6, 6.07) is 3.68. The highest BCUT2D eigenvalue weighted by Crippen LogP contribution is 2.33. The Bertz CT molecular complexity index is 470. The highest BCUT2D eigenvalue weighted by Gasteiger charge is 2.38. The third-order valence-electron chi connectivity index (χ3n) is 3.39. The summed E-state index contributed by atoms with van der Waals surface area (Å²) in [5, 5.41) is 3.27. The number of nitrogens with one attached hydrogen (secondary N) is 1. The van der Waals surface area contributed by atoms with Crippen molar-refractivity contribution in [3.8, 4) is 0 Å². The van der Waals surface area contributed by atoms with Gasteiger partial charge in [0.2, 0.25) is 0 Å². The molecule has 1 saturated carbocycles. The van der Waals surface area contributed by atoms with Crippen LogP contribution in [0.3, 0.4) is 0 Å². The first-order valence-corrected chi connectivity index (χ1v) is 7.40. The highest BCUT2D eigenvalue weighted by atomic mass is 19.4. The van der Waals surface area contributed by atoms with Crippen molar-refractivity contribution in [3.63, 3.8) is 0 Å². The first-order valence-electron chi connectivity index (χ1n) is 7.40. The van der Waals surface area contributed by atoms with E-state index in [0.29, 0.717) is 12.4 Å². The summed E-state index contributed by atoms with van der Waals surface area (Å²) in [7, 11) is 0. The van der Waals surface area contributed by atoms with Crippen LogP contribution < -0.4 is 10.2 Å². The van der Waals surface area contributed by atoms with Crippen LogP contribution in [0, 0.1) is 6.92 Å². The van der Waals surface area contributed by atoms with E-state index in [-0.39, 0.29) is 6.04 Å². The van der Waals surface area contributed by atoms with Gasteiger partial charge in [0.1, 0.15) is 12.4 Å². The van der Waals surface area contributed by atoms with E-state index < -0.39 is 12.7 Å². The fourth-order valence-corrected chi connectivity index (χ4v) is 2.36. The molecule has 0 amide bonds. The molecule has 1 aromatic rings. The van der Waals surface area contributed by atoms with E-state index in [0.717, 1.165) is 37.1 Å². The van der Waals surface area contributed by atoms with Crippen molar-refractivity contribution in [3.05, 3.63) is 23.4 Å². The number of aromatic nitrogens is 1. The second-order valence-electron chi connectivity index (χ2n) is 5.63. The van der Waals surface area contributed by atoms with E-state index in [1.54, 1.807) is 6.07 Å². The van der Waals surface area contributed by atoms with Crippen LogP contribution in [0.15, 0.2) is 12.1 Å². The zero-order chi connectivity index (χ0) is 15.5. The Morgan fingerprint density at radius 1 is 1.33 bits per heavy atom. The Hall–Kier alpha value is -1.30. The van der Waals surface area contributed by atoms with E-state index in [1.807, 2.05) is 13.0 Å². The van der Waals surface area contributed by atoms with Crippen molar-refractivity contribution in [1.29, 1.82) is 0 Å². The minimum Gasteiger partial charge on any atom is -0.345 e. The van der Waals surface area contributed by atoms with Crippen molar-refractivity contribution in [2.24, 2.45) is 0 Å². The largest absolute Gasteiger partial charge is 0.405 e. The fraction of sp³-hybridized carbons (Fsp3) is 0.667. The summed E-state index contributed by atoms with van der Waals surface area (Å²) in [5.74, 6) is 0.447. The van der Waals surface area contributed by atoms with Gasteiger partial charge in [0.25, 0.3) is 0 Å². The molecule has 1 N–H and O–H groups in total. The predicted molar refractivity (Wildman–Crippen MR) is 77.4 cm³/mol. The van der Waals surface area contributed by atoms with Crippen molar-refractivity contribution >= 4 is 5.82 Å². The maximum Gasteiger partial charge on any atom is 0.405 e. The molecule has 1 aliphatic rings. The molecule has 0 radical (unpaired) electrons. The van der Waals surface area contributed by atoms with Crippen LogP contribution in [0.4, 0.5) is 19.0 Å². The maximum atomic E-state index is 12.7. The Morgan fingerprint density at radius 2 is 2.05 bits per heavy atom. The van der Waals surface area contributed by atoms with E-state index in [1.165, 1.54) is 4.90 Å². The SMILES string of the molecule is CCCNCc1cc(C)nc(N(CC(F)(F)F)C2CC2)c1. The smallest absolute Gasteiger partial charge is 0.345 e. The Morgan fingerprint density at radius 3 is 2.62 bits per heavy atom. The summed E-state index contributed by atoms with van der Waals surface area (Å²) in [6.45, 7) is 4.54. The van der Waals surface area contributed by atoms with Crippen LogP contribution in [0.1, 0.15) is 37.4 Å². The Balaban J connectivity index is 2.15. The first-order chi connectivity index (χ1) is 9.89. The normalized spacial score (nSPS) is 15.3. The quantitative estimate of drug-likeness (QED) is 0.782. The monoisotopic (exact) mass is 301 g/mol. The summed E-state index contributed by atoms with van der Waals surface area (Å²) in [5.41, 5.74) is 1.74. The predicted octanol–water partition coefficient (Wildman–Crippen LogP) is 3.42. The molecule has 0 unspecified atom stereocenters. The lowest BCUT2D eigenvalue weighted by Crippen LogP contribution is -2.36. The van der Waals surface area contributed by atoms with Gasteiger partial charge in [-0.15, -0.1) is 0 Å². The molecule has 1 aromatic heterocycles. The third kappa shape index (κ3) is 5.19. The molecule has 1 fully saturated rings. The number of rotatable bonds is 7. The van der Waals surface area contributed by atoms with Gasteiger partial charge in [-0.2, -0.15) is 13.2 Å². The third-order valence-corrected chi connectivity index (χ3v) is 3.39. The average molecular weight is 301 g/mol. The Kier molecular flexibility index (Phi) is 5.08.